The van der Waals surface area contributed by atoms with Gasteiger partial charge in [0.05, 0.1) is 26.1 Å². The summed E-state index contributed by atoms with van der Waals surface area (Å²) in [6.07, 6.45) is 4.22. The van der Waals surface area contributed by atoms with Gasteiger partial charge in [-0.05, 0) is 104 Å². The number of aliphatic hydroxyl groups excluding tert-OH is 2. The van der Waals surface area contributed by atoms with E-state index in [4.69, 9.17) is 34.5 Å². The van der Waals surface area contributed by atoms with Crippen LogP contribution in [-0.4, -0.2) is 128 Å². The molecule has 13 nitrogen and oxygen atoms in total. The molecule has 6 unspecified atom stereocenters. The molecule has 0 spiro atoms. The Labute approximate surface area is 299 Å². The Balaban J connectivity index is 3.96. The molecule has 0 saturated heterocycles. The molecule has 0 radical (unpaired) electrons. The second-order valence-electron chi connectivity index (χ2n) is 15.0. The molecule has 0 aromatic rings. The van der Waals surface area contributed by atoms with Crippen molar-refractivity contribution in [2.75, 3.05) is 52.7 Å². The average molecular weight is 739 g/mol. The second-order valence-corrected chi connectivity index (χ2v) is 23.8. The molecule has 0 rings (SSSR count). The van der Waals surface area contributed by atoms with E-state index in [0.717, 1.165) is 50.6 Å². The summed E-state index contributed by atoms with van der Waals surface area (Å²) < 4.78 is 28.3. The summed E-state index contributed by atoms with van der Waals surface area (Å²) in [5, 5.41) is 26.8. The zero-order valence-corrected chi connectivity index (χ0v) is 34.1. The van der Waals surface area contributed by atoms with Crippen LogP contribution in [0.2, 0.25) is 38.3 Å². The largest absolute Gasteiger partial charge is 0.463 e. The van der Waals surface area contributed by atoms with Gasteiger partial charge in [0.25, 0.3) is 0 Å². The number of hydrogen-bond acceptors (Lipinski definition) is 13. The van der Waals surface area contributed by atoms with E-state index < -0.39 is 28.8 Å². The van der Waals surface area contributed by atoms with E-state index >= 15 is 0 Å². The summed E-state index contributed by atoms with van der Waals surface area (Å²) in [4.78, 5) is 23.9. The van der Waals surface area contributed by atoms with Crippen LogP contribution in [0.4, 0.5) is 0 Å². The van der Waals surface area contributed by atoms with Gasteiger partial charge in [-0.2, -0.15) is 0 Å². The minimum Gasteiger partial charge on any atom is -0.463 e. The molecule has 0 saturated carbocycles. The van der Waals surface area contributed by atoms with Crippen molar-refractivity contribution in [1.29, 1.82) is 0 Å². The van der Waals surface area contributed by atoms with Crippen molar-refractivity contribution >= 4 is 28.6 Å². The van der Waals surface area contributed by atoms with Crippen LogP contribution in [0.25, 0.3) is 0 Å². The van der Waals surface area contributed by atoms with Crippen molar-refractivity contribution in [2.45, 2.75) is 154 Å². The highest BCUT2D eigenvalue weighted by Gasteiger charge is 2.32. The molecule has 0 heterocycles. The normalized spacial score (nSPS) is 16.1. The molecule has 8 N–H and O–H groups in total. The molecule has 0 fully saturated rings. The van der Waals surface area contributed by atoms with Crippen molar-refractivity contribution in [3.8, 4) is 0 Å². The fourth-order valence-electron chi connectivity index (χ4n) is 5.18. The monoisotopic (exact) mass is 738 g/mol. The van der Waals surface area contributed by atoms with Crippen LogP contribution < -0.4 is 22.1 Å². The lowest BCUT2D eigenvalue weighted by molar-refractivity contribution is -0.148. The molecular formula is C34H74N4O9Si2. The number of nitrogens with two attached hydrogens (primary N) is 2. The Morgan fingerprint density at radius 3 is 1.35 bits per heavy atom. The molecule has 0 aliphatic heterocycles. The molecular weight excluding hydrogens is 665 g/mol. The Morgan fingerprint density at radius 1 is 0.633 bits per heavy atom. The van der Waals surface area contributed by atoms with Crippen molar-refractivity contribution in [2.24, 2.45) is 11.5 Å². The average Bonchev–Trinajstić information content (AvgIpc) is 2.99. The lowest BCUT2D eigenvalue weighted by atomic mass is 10.1. The van der Waals surface area contributed by atoms with Crippen molar-refractivity contribution in [1.82, 2.24) is 10.6 Å². The number of nitrogens with one attached hydrogen (secondary N) is 2. The van der Waals surface area contributed by atoms with Crippen LogP contribution in [0.1, 0.15) is 79.1 Å². The zero-order valence-electron chi connectivity index (χ0n) is 32.1. The van der Waals surface area contributed by atoms with E-state index in [9.17, 15) is 19.8 Å². The van der Waals surface area contributed by atoms with Crippen molar-refractivity contribution in [3.05, 3.63) is 0 Å². The highest BCUT2D eigenvalue weighted by atomic mass is 28.4. The molecule has 292 valence electrons. The predicted molar refractivity (Wildman–Crippen MR) is 200 cm³/mol. The summed E-state index contributed by atoms with van der Waals surface area (Å²) >= 11 is 0. The predicted octanol–water partition coefficient (Wildman–Crippen LogP) is 3.03. The number of esters is 2. The third-order valence-electron chi connectivity index (χ3n) is 7.94. The van der Waals surface area contributed by atoms with E-state index in [1.54, 1.807) is 0 Å². The lowest BCUT2D eigenvalue weighted by Crippen LogP contribution is -2.44. The van der Waals surface area contributed by atoms with Gasteiger partial charge >= 0.3 is 11.9 Å². The maximum Gasteiger partial charge on any atom is 0.307 e. The van der Waals surface area contributed by atoms with E-state index in [1.165, 1.54) is 0 Å². The van der Waals surface area contributed by atoms with E-state index in [0.29, 0.717) is 26.3 Å². The summed E-state index contributed by atoms with van der Waals surface area (Å²) in [6.45, 7) is 19.1. The molecule has 0 amide bonds. The Morgan fingerprint density at radius 2 is 1.00 bits per heavy atom. The number of aliphatic hydroxyl groups is 2. The maximum atomic E-state index is 12.0. The molecule has 6 atom stereocenters. The Bertz CT molecular complexity index is 790. The number of carbonyl (C=O) groups is 2. The fraction of sp³-hybridized carbons (Fsp3) is 0.941. The highest BCUT2D eigenvalue weighted by molar-refractivity contribution is 6.84. The first-order chi connectivity index (χ1) is 22.9. The first-order valence-corrected chi connectivity index (χ1v) is 24.6. The SMILES string of the molecule is CC(N)CCC(C)NCCC(=O)OCC(O)COCCC[Si](C)(C)O[Si](C)(C)CCCOCC(O)COC(=O)CCNC(C)CCC(C)N. The maximum absolute atomic E-state index is 12.0. The first kappa shape index (κ1) is 48.0. The molecule has 49 heavy (non-hydrogen) atoms. The molecule has 15 heteroatoms. The summed E-state index contributed by atoms with van der Waals surface area (Å²) in [6, 6.07) is 2.78. The fourth-order valence-corrected chi connectivity index (χ4v) is 14.0. The van der Waals surface area contributed by atoms with Gasteiger partial charge in [0.15, 0.2) is 16.6 Å². The molecule has 0 aliphatic carbocycles. The van der Waals surface area contributed by atoms with Crippen LogP contribution in [0.3, 0.4) is 0 Å². The van der Waals surface area contributed by atoms with Crippen molar-refractivity contribution in [3.63, 3.8) is 0 Å². The zero-order chi connectivity index (χ0) is 37.3. The number of hydrogen-bond donors (Lipinski definition) is 6. The van der Waals surface area contributed by atoms with Crippen LogP contribution >= 0.6 is 0 Å². The van der Waals surface area contributed by atoms with Crippen LogP contribution in [0.15, 0.2) is 0 Å². The highest BCUT2D eigenvalue weighted by Crippen LogP contribution is 2.24. The molecule has 0 aromatic heterocycles. The lowest BCUT2D eigenvalue weighted by Gasteiger charge is -2.34. The standard InChI is InChI=1S/C34H74N4O9Si2/c1-27(35)11-13-29(3)37-17-15-33(41)45-25-31(39)23-43-19-9-21-48(5,6)47-49(7,8)22-10-20-44-24-32(40)26-46-34(42)16-18-38-30(4)14-12-28(2)36/h27-32,37-40H,9-26,35-36H2,1-8H3. The van der Waals surface area contributed by atoms with Gasteiger partial charge in [-0.3, -0.25) is 9.59 Å². The summed E-state index contributed by atoms with van der Waals surface area (Å²) in [5.74, 6) is -0.688. The van der Waals surface area contributed by atoms with Gasteiger partial charge in [0, 0.05) is 50.5 Å². The van der Waals surface area contributed by atoms with Gasteiger partial charge in [-0.15, -0.1) is 0 Å². The molecule has 0 aliphatic rings. The Kier molecular flexibility index (Phi) is 27.1. The minimum absolute atomic E-state index is 0.0776. The van der Waals surface area contributed by atoms with Gasteiger partial charge in [-0.1, -0.05) is 0 Å². The Hall–Kier alpha value is -0.986. The summed E-state index contributed by atoms with van der Waals surface area (Å²) in [5.41, 5.74) is 11.6. The van der Waals surface area contributed by atoms with Gasteiger partial charge in [-0.25, -0.2) is 0 Å². The third-order valence-corrected chi connectivity index (χ3v) is 15.5. The first-order valence-electron chi connectivity index (χ1n) is 18.4. The molecule has 0 bridgehead atoms. The van der Waals surface area contributed by atoms with Gasteiger partial charge in [0.2, 0.25) is 0 Å². The molecule has 0 aromatic carbocycles. The topological polar surface area (TPSA) is 197 Å². The van der Waals surface area contributed by atoms with Crippen LogP contribution in [0.5, 0.6) is 0 Å². The quantitative estimate of drug-likeness (QED) is 0.0335. The third kappa shape index (κ3) is 31.5. The number of carbonyl (C=O) groups excluding carboxylic acids is 2. The van der Waals surface area contributed by atoms with Gasteiger partial charge in [0.1, 0.15) is 25.4 Å². The van der Waals surface area contributed by atoms with Crippen LogP contribution in [0, 0.1) is 0 Å². The van der Waals surface area contributed by atoms with E-state index in [2.05, 4.69) is 50.7 Å². The smallest absolute Gasteiger partial charge is 0.307 e. The van der Waals surface area contributed by atoms with E-state index in [1.807, 2.05) is 13.8 Å². The van der Waals surface area contributed by atoms with E-state index in [-0.39, 0.29) is 75.4 Å². The van der Waals surface area contributed by atoms with Crippen molar-refractivity contribution < 1.29 is 42.9 Å². The van der Waals surface area contributed by atoms with Gasteiger partial charge < -0.3 is 55.4 Å². The second kappa shape index (κ2) is 27.6. The summed E-state index contributed by atoms with van der Waals surface area (Å²) in [7, 11) is -3.82. The number of rotatable bonds is 32. The van der Waals surface area contributed by atoms with Crippen LogP contribution in [-0.2, 0) is 32.7 Å². The minimum atomic E-state index is -1.91. The number of ether oxygens (including phenoxy) is 4.